The molecule has 6 heteroatoms. The van der Waals surface area contributed by atoms with E-state index < -0.39 is 17.7 Å². The number of carbonyl (C=O) groups is 2. The zero-order chi connectivity index (χ0) is 9.84. The smallest absolute Gasteiger partial charge is 0.371 e. The third kappa shape index (κ3) is 2.75. The summed E-state index contributed by atoms with van der Waals surface area (Å²) >= 11 is 0. The lowest BCUT2D eigenvalue weighted by molar-refractivity contribution is -0.201. The Hall–Kier alpha value is -1.56. The number of hydroxylamine groups is 2. The Bertz CT molecular complexity index is 256. The van der Waals surface area contributed by atoms with Crippen molar-refractivity contribution in [3.8, 4) is 0 Å². The van der Waals surface area contributed by atoms with Crippen LogP contribution in [0.3, 0.4) is 0 Å². The van der Waals surface area contributed by atoms with Gasteiger partial charge in [-0.3, -0.25) is 0 Å². The average Bonchev–Trinajstić information content (AvgIpc) is 1.96. The van der Waals surface area contributed by atoms with Crippen LogP contribution in [-0.4, -0.2) is 40.3 Å². The van der Waals surface area contributed by atoms with Crippen molar-refractivity contribution in [2.24, 2.45) is 0 Å². The van der Waals surface area contributed by atoms with Gasteiger partial charge in [0.15, 0.2) is 0 Å². The summed E-state index contributed by atoms with van der Waals surface area (Å²) in [5.41, 5.74) is 0. The van der Waals surface area contributed by atoms with Crippen LogP contribution < -0.4 is 0 Å². The van der Waals surface area contributed by atoms with Crippen molar-refractivity contribution in [2.75, 3.05) is 13.1 Å². The molecule has 0 aromatic carbocycles. The molecule has 0 spiro atoms. The fourth-order valence-corrected chi connectivity index (χ4v) is 0.705. The number of carboxylic acids is 1. The minimum Gasteiger partial charge on any atom is -0.502 e. The predicted molar refractivity (Wildman–Crippen MR) is 40.6 cm³/mol. The molecule has 0 saturated carbocycles. The van der Waals surface area contributed by atoms with Crippen LogP contribution in [0.5, 0.6) is 0 Å². The number of rotatable bonds is 3. The van der Waals surface area contributed by atoms with E-state index in [1.54, 1.807) is 0 Å². The van der Waals surface area contributed by atoms with Gasteiger partial charge in [-0.2, -0.15) is 0 Å². The monoisotopic (exact) mass is 187 g/mol. The molecular formula is C7H9NO5. The highest BCUT2D eigenvalue weighted by molar-refractivity contribution is 5.93. The number of carbonyl (C=O) groups excluding carboxylic acids is 1. The fourth-order valence-electron chi connectivity index (χ4n) is 0.705. The third-order valence-corrected chi connectivity index (χ3v) is 1.51. The van der Waals surface area contributed by atoms with Gasteiger partial charge in [0.05, 0.1) is 6.08 Å². The summed E-state index contributed by atoms with van der Waals surface area (Å²) in [6.07, 6.45) is 1.47. The summed E-state index contributed by atoms with van der Waals surface area (Å²) in [6.45, 7) is 1.29. The van der Waals surface area contributed by atoms with Gasteiger partial charge in [-0.25, -0.2) is 9.59 Å². The first kappa shape index (κ1) is 9.53. The van der Waals surface area contributed by atoms with Gasteiger partial charge >= 0.3 is 11.9 Å². The van der Waals surface area contributed by atoms with E-state index in [0.717, 1.165) is 6.42 Å². The number of carboxylic acid groups (broad SMARTS) is 1. The molecule has 1 aliphatic heterocycles. The minimum atomic E-state index is -1.56. The van der Waals surface area contributed by atoms with Crippen molar-refractivity contribution in [3.63, 3.8) is 0 Å². The van der Waals surface area contributed by atoms with Gasteiger partial charge in [0.25, 0.3) is 0 Å². The Balaban J connectivity index is 2.38. The highest BCUT2D eigenvalue weighted by Gasteiger charge is 2.18. The Kier molecular flexibility index (Phi) is 2.86. The van der Waals surface area contributed by atoms with E-state index in [1.807, 2.05) is 0 Å². The number of hydrogen-bond acceptors (Lipinski definition) is 5. The Morgan fingerprint density at radius 1 is 1.31 bits per heavy atom. The van der Waals surface area contributed by atoms with Gasteiger partial charge in [-0.1, -0.05) is 0 Å². The van der Waals surface area contributed by atoms with Crippen LogP contribution in [0.15, 0.2) is 11.8 Å². The average molecular weight is 187 g/mol. The summed E-state index contributed by atoms with van der Waals surface area (Å²) < 4.78 is 0. The summed E-state index contributed by atoms with van der Waals surface area (Å²) in [7, 11) is 0. The second-order valence-corrected chi connectivity index (χ2v) is 2.53. The molecule has 0 aromatic rings. The van der Waals surface area contributed by atoms with Crippen LogP contribution in [-0.2, 0) is 14.4 Å². The number of aliphatic carboxylic acids is 1. The molecule has 1 heterocycles. The van der Waals surface area contributed by atoms with Crippen molar-refractivity contribution in [2.45, 2.75) is 6.42 Å². The van der Waals surface area contributed by atoms with Crippen molar-refractivity contribution in [1.29, 1.82) is 0 Å². The molecule has 1 aliphatic rings. The van der Waals surface area contributed by atoms with Gasteiger partial charge in [0, 0.05) is 13.1 Å². The highest BCUT2D eigenvalue weighted by Crippen LogP contribution is 2.06. The summed E-state index contributed by atoms with van der Waals surface area (Å²) in [5, 5.41) is 18.2. The van der Waals surface area contributed by atoms with Crippen LogP contribution in [0.4, 0.5) is 0 Å². The normalized spacial score (nSPS) is 17.7. The molecule has 0 aliphatic carbocycles. The zero-order valence-corrected chi connectivity index (χ0v) is 6.77. The van der Waals surface area contributed by atoms with Crippen molar-refractivity contribution in [1.82, 2.24) is 5.06 Å². The lowest BCUT2D eigenvalue weighted by Gasteiger charge is -2.27. The lowest BCUT2D eigenvalue weighted by Crippen LogP contribution is -2.38. The first-order valence-corrected chi connectivity index (χ1v) is 3.70. The van der Waals surface area contributed by atoms with Crippen LogP contribution in [0.2, 0.25) is 0 Å². The zero-order valence-electron chi connectivity index (χ0n) is 6.77. The number of aliphatic hydroxyl groups excluding tert-OH is 1. The maximum absolute atomic E-state index is 10.8. The second kappa shape index (κ2) is 3.90. The van der Waals surface area contributed by atoms with Crippen LogP contribution >= 0.6 is 0 Å². The van der Waals surface area contributed by atoms with Gasteiger partial charge in [0.1, 0.15) is 0 Å². The maximum atomic E-state index is 10.8. The molecule has 2 N–H and O–H groups in total. The summed E-state index contributed by atoms with van der Waals surface area (Å²) in [4.78, 5) is 25.5. The topological polar surface area (TPSA) is 87.1 Å². The van der Waals surface area contributed by atoms with Crippen LogP contribution in [0.25, 0.3) is 0 Å². The molecule has 72 valence electrons. The van der Waals surface area contributed by atoms with Crippen molar-refractivity contribution in [3.05, 3.63) is 11.8 Å². The SMILES string of the molecule is O=C(/C=C(/O)C(=O)O)ON1CCC1. The molecule has 0 amide bonds. The van der Waals surface area contributed by atoms with E-state index in [-0.39, 0.29) is 0 Å². The summed E-state index contributed by atoms with van der Waals surface area (Å²) in [6, 6.07) is 0. The molecular weight excluding hydrogens is 178 g/mol. The Morgan fingerprint density at radius 2 is 1.92 bits per heavy atom. The predicted octanol–water partition coefficient (Wildman–Crippen LogP) is -0.323. The Morgan fingerprint density at radius 3 is 2.31 bits per heavy atom. The van der Waals surface area contributed by atoms with Gasteiger partial charge in [-0.15, -0.1) is 5.06 Å². The van der Waals surface area contributed by atoms with E-state index in [9.17, 15) is 9.59 Å². The molecule has 1 fully saturated rings. The van der Waals surface area contributed by atoms with Crippen LogP contribution in [0, 0.1) is 0 Å². The molecule has 1 rings (SSSR count). The molecule has 1 saturated heterocycles. The van der Waals surface area contributed by atoms with Gasteiger partial charge < -0.3 is 15.1 Å². The van der Waals surface area contributed by atoms with Gasteiger partial charge in [-0.05, 0) is 6.42 Å². The third-order valence-electron chi connectivity index (χ3n) is 1.51. The van der Waals surface area contributed by atoms with Gasteiger partial charge in [0.2, 0.25) is 5.76 Å². The van der Waals surface area contributed by atoms with E-state index in [1.165, 1.54) is 5.06 Å². The number of hydrogen-bond donors (Lipinski definition) is 2. The first-order valence-electron chi connectivity index (χ1n) is 3.70. The number of aliphatic hydroxyl groups is 1. The van der Waals surface area contributed by atoms with Crippen molar-refractivity contribution >= 4 is 11.9 Å². The van der Waals surface area contributed by atoms with E-state index >= 15 is 0 Å². The molecule has 13 heavy (non-hydrogen) atoms. The molecule has 0 radical (unpaired) electrons. The maximum Gasteiger partial charge on any atom is 0.371 e. The Labute approximate surface area is 74.0 Å². The highest BCUT2D eigenvalue weighted by atomic mass is 16.7. The molecule has 0 atom stereocenters. The second-order valence-electron chi connectivity index (χ2n) is 2.53. The van der Waals surface area contributed by atoms with E-state index in [0.29, 0.717) is 19.2 Å². The van der Waals surface area contributed by atoms with E-state index in [2.05, 4.69) is 4.84 Å². The molecule has 0 bridgehead atoms. The first-order chi connectivity index (χ1) is 6.09. The van der Waals surface area contributed by atoms with Crippen molar-refractivity contribution < 1.29 is 24.6 Å². The fraction of sp³-hybridized carbons (Fsp3) is 0.429. The number of nitrogens with zero attached hydrogens (tertiary/aromatic N) is 1. The lowest BCUT2D eigenvalue weighted by atomic mass is 10.3. The standard InChI is InChI=1S/C7H9NO5/c9-5(7(11)12)4-6(10)13-8-2-1-3-8/h4,9H,1-3H2,(H,11,12)/b5-4+. The largest absolute Gasteiger partial charge is 0.502 e. The summed E-state index contributed by atoms with van der Waals surface area (Å²) in [5.74, 6) is -3.45. The molecule has 6 nitrogen and oxygen atoms in total. The molecule has 0 aromatic heterocycles. The van der Waals surface area contributed by atoms with E-state index in [4.69, 9.17) is 10.2 Å². The minimum absolute atomic E-state index is 0.528. The quantitative estimate of drug-likeness (QED) is 0.465. The van der Waals surface area contributed by atoms with Crippen LogP contribution in [0.1, 0.15) is 6.42 Å². The molecule has 0 unspecified atom stereocenters.